The van der Waals surface area contributed by atoms with E-state index in [1.807, 2.05) is 104 Å². The molecule has 0 saturated heterocycles. The number of aryl methyl sites for hydroxylation is 4. The molecule has 8 aromatic carbocycles. The molecule has 8 rings (SSSR count). The van der Waals surface area contributed by atoms with Crippen LogP contribution in [-0.4, -0.2) is 12.1 Å². The average Bonchev–Trinajstić information content (AvgIpc) is 3.38. The van der Waals surface area contributed by atoms with Crippen LogP contribution in [-0.2, 0) is 38.8 Å². The number of benzene rings is 8. The Balaban J connectivity index is 0.000000177. The van der Waals surface area contributed by atoms with Gasteiger partial charge in [0, 0.05) is 24.2 Å². The van der Waals surface area contributed by atoms with E-state index in [1.165, 1.54) is 44.5 Å². The van der Waals surface area contributed by atoms with E-state index in [0.717, 1.165) is 33.9 Å². The molecule has 7 nitrogen and oxygen atoms in total. The van der Waals surface area contributed by atoms with E-state index >= 15 is 0 Å². The van der Waals surface area contributed by atoms with Crippen molar-refractivity contribution in [3.63, 3.8) is 0 Å². The second-order valence-electron chi connectivity index (χ2n) is 16.2. The van der Waals surface area contributed by atoms with Crippen LogP contribution in [0, 0.1) is 27.7 Å². The minimum absolute atomic E-state index is 0.430. The molecule has 0 aliphatic carbocycles. The van der Waals surface area contributed by atoms with Crippen LogP contribution in [0.4, 0.5) is 0 Å². The minimum atomic E-state index is -0.430. The molecular formula is C60H62ClN3O4. The Kier molecular flexibility index (Phi) is 21.6. The molecular weight excluding hydrogens is 862 g/mol. The molecule has 0 atom stereocenters. The molecule has 0 unspecified atom stereocenters. The van der Waals surface area contributed by atoms with Crippen LogP contribution in [0.3, 0.4) is 0 Å². The smallest absolute Gasteiger partial charge is 0.248 e. The second-order valence-corrected chi connectivity index (χ2v) is 16.5. The first-order valence-corrected chi connectivity index (χ1v) is 23.1. The number of amides is 1. The van der Waals surface area contributed by atoms with Crippen LogP contribution >= 0.6 is 11.6 Å². The monoisotopic (exact) mass is 923 g/mol. The Bertz CT molecular complexity index is 2670. The fraction of sp³-hybridized carbons (Fsp3) is 0.167. The van der Waals surface area contributed by atoms with Crippen molar-refractivity contribution in [1.82, 2.24) is 0 Å². The molecule has 0 aliphatic heterocycles. The highest BCUT2D eigenvalue weighted by Crippen LogP contribution is 2.18. The first-order valence-electron chi connectivity index (χ1n) is 22.5. The van der Waals surface area contributed by atoms with E-state index in [4.69, 9.17) is 37.3 Å². The Morgan fingerprint density at radius 3 is 1.15 bits per heavy atom. The first-order chi connectivity index (χ1) is 33.0. The van der Waals surface area contributed by atoms with Gasteiger partial charge in [-0.25, -0.2) is 0 Å². The zero-order chi connectivity index (χ0) is 48.4. The molecule has 1 amide bonds. The quantitative estimate of drug-likeness (QED) is 0.0786. The van der Waals surface area contributed by atoms with E-state index < -0.39 is 5.91 Å². The van der Waals surface area contributed by atoms with Gasteiger partial charge in [0.1, 0.15) is 37.1 Å². The van der Waals surface area contributed by atoms with Crippen LogP contribution in [0.5, 0.6) is 17.2 Å². The van der Waals surface area contributed by atoms with Gasteiger partial charge in [0.05, 0.1) is 6.54 Å². The number of carbonyl (C=O) groups excluding carboxylic acids is 1. The minimum Gasteiger partial charge on any atom is -0.489 e. The number of carbonyl (C=O) groups is 1. The lowest BCUT2D eigenvalue weighted by atomic mass is 10.2. The highest BCUT2D eigenvalue weighted by molar-refractivity contribution is 6.17. The molecule has 68 heavy (non-hydrogen) atoms. The van der Waals surface area contributed by atoms with E-state index in [1.54, 1.807) is 24.3 Å². The Hall–Kier alpha value is -7.45. The largest absolute Gasteiger partial charge is 0.489 e. The second kappa shape index (κ2) is 28.6. The van der Waals surface area contributed by atoms with Crippen molar-refractivity contribution in [2.75, 3.05) is 0 Å². The average molecular weight is 925 g/mol. The van der Waals surface area contributed by atoms with Gasteiger partial charge in [-0.05, 0) is 115 Å². The number of hydrogen-bond donors (Lipinski definition) is 2. The Morgan fingerprint density at radius 1 is 0.456 bits per heavy atom. The van der Waals surface area contributed by atoms with E-state index in [0.29, 0.717) is 44.4 Å². The third-order valence-corrected chi connectivity index (χ3v) is 10.7. The maximum atomic E-state index is 10.9. The van der Waals surface area contributed by atoms with Crippen LogP contribution in [0.1, 0.15) is 71.6 Å². The number of alkyl halides is 1. The van der Waals surface area contributed by atoms with Gasteiger partial charge in [0.15, 0.2) is 0 Å². The van der Waals surface area contributed by atoms with Gasteiger partial charge in [-0.15, -0.1) is 11.6 Å². The number of nitrogens with two attached hydrogens (primary N) is 2. The summed E-state index contributed by atoms with van der Waals surface area (Å²) in [5, 5.41) is 0. The summed E-state index contributed by atoms with van der Waals surface area (Å²) in [6.07, 6.45) is 1.90. The van der Waals surface area contributed by atoms with Crippen LogP contribution in [0.15, 0.2) is 205 Å². The summed E-state index contributed by atoms with van der Waals surface area (Å²) in [4.78, 5) is 15.4. The van der Waals surface area contributed by atoms with Crippen LogP contribution < -0.4 is 25.7 Å². The standard InChI is InChI=1S/C22H21NO.C15H15NO2.C15H17NO.C8H9Cl/c1-18-7-9-21(10-8-18)17-24-22-13-11-20(12-14-22)16-23-15-19-5-3-2-4-6-19;1-11-2-4-12(5-3-11)10-18-14-8-6-13(7-9-14)15(16)17;1-12-2-4-14(5-3-12)11-17-15-8-6-13(10-16)7-9-15;1-7-2-4-8(6-9)5-3-7/h2-15H,16-17H2,1H3;2-9H,10H2,1H3,(H2,16,17);2-9H,10-11,16H2,1H3;2-5H,6H2,1H3. The van der Waals surface area contributed by atoms with Crippen LogP contribution in [0.2, 0.25) is 0 Å². The molecule has 0 aliphatic rings. The number of hydrogen-bond acceptors (Lipinski definition) is 6. The summed E-state index contributed by atoms with van der Waals surface area (Å²) in [6.45, 7) is 11.2. The molecule has 0 saturated carbocycles. The van der Waals surface area contributed by atoms with Gasteiger partial charge in [0.2, 0.25) is 5.91 Å². The van der Waals surface area contributed by atoms with Crippen molar-refractivity contribution in [1.29, 1.82) is 0 Å². The zero-order valence-electron chi connectivity index (χ0n) is 39.5. The molecule has 0 bridgehead atoms. The van der Waals surface area contributed by atoms with Crippen molar-refractivity contribution < 1.29 is 19.0 Å². The Morgan fingerprint density at radius 2 is 0.794 bits per heavy atom. The third-order valence-electron chi connectivity index (χ3n) is 10.4. The highest BCUT2D eigenvalue weighted by atomic mass is 35.5. The summed E-state index contributed by atoms with van der Waals surface area (Å²) >= 11 is 5.58. The third kappa shape index (κ3) is 19.6. The van der Waals surface area contributed by atoms with Gasteiger partial charge in [0.25, 0.3) is 0 Å². The molecule has 0 aromatic heterocycles. The van der Waals surface area contributed by atoms with E-state index in [2.05, 4.69) is 111 Å². The number of nitrogens with zero attached hydrogens (tertiary/aromatic N) is 1. The van der Waals surface area contributed by atoms with E-state index in [9.17, 15) is 4.79 Å². The molecule has 0 heterocycles. The van der Waals surface area contributed by atoms with Gasteiger partial charge in [-0.2, -0.15) is 0 Å². The van der Waals surface area contributed by atoms with Crippen molar-refractivity contribution in [2.24, 2.45) is 16.5 Å². The molecule has 348 valence electrons. The normalized spacial score (nSPS) is 10.3. The lowest BCUT2D eigenvalue weighted by Crippen LogP contribution is -2.10. The zero-order valence-corrected chi connectivity index (χ0v) is 40.2. The molecule has 0 spiro atoms. The topological polar surface area (TPSA) is 109 Å². The SMILES string of the molecule is Cc1ccc(CCl)cc1.Cc1ccc(COc2ccc(C(N)=O)cc2)cc1.Cc1ccc(COc2ccc(CN)cc2)cc1.Cc1ccc(COc2ccc(CN=Cc3ccccc3)cc2)cc1. The number of halogens is 1. The predicted octanol–water partition coefficient (Wildman–Crippen LogP) is 13.6. The number of primary amides is 1. The molecule has 0 radical (unpaired) electrons. The number of ether oxygens (including phenoxy) is 3. The van der Waals surface area contributed by atoms with Gasteiger partial charge >= 0.3 is 0 Å². The van der Waals surface area contributed by atoms with Crippen molar-refractivity contribution in [3.05, 3.63) is 267 Å². The van der Waals surface area contributed by atoms with Gasteiger partial charge < -0.3 is 25.7 Å². The van der Waals surface area contributed by atoms with Crippen LogP contribution in [0.25, 0.3) is 0 Å². The van der Waals surface area contributed by atoms with Gasteiger partial charge in [-0.1, -0.05) is 174 Å². The number of rotatable bonds is 15. The van der Waals surface area contributed by atoms with Crippen molar-refractivity contribution >= 4 is 23.7 Å². The van der Waals surface area contributed by atoms with E-state index in [-0.39, 0.29) is 0 Å². The summed E-state index contributed by atoms with van der Waals surface area (Å²) in [7, 11) is 0. The lowest BCUT2D eigenvalue weighted by molar-refractivity contribution is 0.1000. The fourth-order valence-electron chi connectivity index (χ4n) is 6.15. The molecule has 8 heteroatoms. The summed E-state index contributed by atoms with van der Waals surface area (Å²) in [5.41, 5.74) is 24.3. The summed E-state index contributed by atoms with van der Waals surface area (Å²) < 4.78 is 17.1. The van der Waals surface area contributed by atoms with Crippen molar-refractivity contribution in [3.8, 4) is 17.2 Å². The summed E-state index contributed by atoms with van der Waals surface area (Å²) in [5.74, 6) is 2.66. The number of aliphatic imine (C=N–C) groups is 1. The lowest BCUT2D eigenvalue weighted by Gasteiger charge is -2.07. The molecule has 4 N–H and O–H groups in total. The molecule has 0 fully saturated rings. The highest BCUT2D eigenvalue weighted by Gasteiger charge is 2.02. The molecule has 8 aromatic rings. The first kappa shape index (κ1) is 51.5. The maximum absolute atomic E-state index is 10.9. The predicted molar refractivity (Wildman–Crippen MR) is 281 cm³/mol. The maximum Gasteiger partial charge on any atom is 0.248 e. The van der Waals surface area contributed by atoms with Crippen molar-refractivity contribution in [2.45, 2.75) is 66.5 Å². The fourth-order valence-corrected chi connectivity index (χ4v) is 6.33. The summed E-state index contributed by atoms with van der Waals surface area (Å²) in [6, 6.07) is 66.1. The Labute approximate surface area is 408 Å². The van der Waals surface area contributed by atoms with Gasteiger partial charge in [-0.3, -0.25) is 9.79 Å².